The number of nitrogens with one attached hydrogen (secondary N) is 1. The highest BCUT2D eigenvalue weighted by molar-refractivity contribution is 5.80. The first-order valence-electron chi connectivity index (χ1n) is 6.85. The number of ether oxygens (including phenoxy) is 1. The summed E-state index contributed by atoms with van der Waals surface area (Å²) in [6.07, 6.45) is 1.72. The maximum Gasteiger partial charge on any atom is 0.248 e. The lowest BCUT2D eigenvalue weighted by atomic mass is 10.2. The standard InChI is InChI=1S/C15H22N2O2/c1-12(19-2)15(18)16-9-5-10-17-11-8-13-6-3-4-7-14(13)17/h3-4,6-7,12H,5,8-11H2,1-2H3,(H,16,18). The lowest BCUT2D eigenvalue weighted by Crippen LogP contribution is -2.35. The number of anilines is 1. The Labute approximate surface area is 114 Å². The number of hydrogen-bond acceptors (Lipinski definition) is 3. The topological polar surface area (TPSA) is 41.6 Å². The van der Waals surface area contributed by atoms with Gasteiger partial charge in [0.1, 0.15) is 6.10 Å². The second kappa shape index (κ2) is 6.57. The van der Waals surface area contributed by atoms with Gasteiger partial charge < -0.3 is 15.0 Å². The van der Waals surface area contributed by atoms with E-state index in [4.69, 9.17) is 4.74 Å². The Bertz CT molecular complexity index is 434. The van der Waals surface area contributed by atoms with Crippen molar-refractivity contribution in [1.29, 1.82) is 0 Å². The normalized spacial score (nSPS) is 15.2. The molecule has 1 aromatic rings. The van der Waals surface area contributed by atoms with Crippen LogP contribution in [0.1, 0.15) is 18.9 Å². The van der Waals surface area contributed by atoms with Crippen LogP contribution in [0.3, 0.4) is 0 Å². The van der Waals surface area contributed by atoms with E-state index in [1.807, 2.05) is 0 Å². The minimum Gasteiger partial charge on any atom is -0.372 e. The highest BCUT2D eigenvalue weighted by Gasteiger charge is 2.17. The zero-order valence-corrected chi connectivity index (χ0v) is 11.7. The number of methoxy groups -OCH3 is 1. The Balaban J connectivity index is 1.72. The third-order valence-electron chi connectivity index (χ3n) is 3.61. The number of hydrogen-bond donors (Lipinski definition) is 1. The number of carbonyl (C=O) groups is 1. The minimum atomic E-state index is -0.368. The molecule has 1 amide bonds. The number of para-hydroxylation sites is 1. The molecule has 1 N–H and O–H groups in total. The molecular weight excluding hydrogens is 240 g/mol. The van der Waals surface area contributed by atoms with Crippen LogP contribution in [0.4, 0.5) is 5.69 Å². The maximum atomic E-state index is 11.5. The van der Waals surface area contributed by atoms with Gasteiger partial charge in [0.05, 0.1) is 0 Å². The van der Waals surface area contributed by atoms with Crippen molar-refractivity contribution in [2.75, 3.05) is 31.6 Å². The molecule has 0 aromatic heterocycles. The summed E-state index contributed by atoms with van der Waals surface area (Å²) >= 11 is 0. The van der Waals surface area contributed by atoms with E-state index in [2.05, 4.69) is 34.5 Å². The summed E-state index contributed by atoms with van der Waals surface area (Å²) in [7, 11) is 1.55. The smallest absolute Gasteiger partial charge is 0.248 e. The van der Waals surface area contributed by atoms with Crippen LogP contribution in [0.25, 0.3) is 0 Å². The average Bonchev–Trinajstić information content (AvgIpc) is 2.86. The van der Waals surface area contributed by atoms with Crippen molar-refractivity contribution in [3.05, 3.63) is 29.8 Å². The zero-order valence-electron chi connectivity index (χ0n) is 11.7. The van der Waals surface area contributed by atoms with Gasteiger partial charge in [0.25, 0.3) is 0 Å². The van der Waals surface area contributed by atoms with Gasteiger partial charge in [-0.2, -0.15) is 0 Å². The van der Waals surface area contributed by atoms with E-state index in [0.29, 0.717) is 6.54 Å². The van der Waals surface area contributed by atoms with Crippen molar-refractivity contribution in [3.8, 4) is 0 Å². The van der Waals surface area contributed by atoms with Crippen molar-refractivity contribution in [2.45, 2.75) is 25.9 Å². The molecular formula is C15H22N2O2. The fraction of sp³-hybridized carbons (Fsp3) is 0.533. The summed E-state index contributed by atoms with van der Waals surface area (Å²) in [5.74, 6) is -0.0377. The molecule has 0 saturated heterocycles. The Morgan fingerprint density at radius 3 is 3.05 bits per heavy atom. The molecule has 0 bridgehead atoms. The van der Waals surface area contributed by atoms with Crippen LogP contribution in [0, 0.1) is 0 Å². The first kappa shape index (κ1) is 13.9. The second-order valence-electron chi connectivity index (χ2n) is 4.89. The molecule has 0 radical (unpaired) electrons. The lowest BCUT2D eigenvalue weighted by Gasteiger charge is -2.19. The zero-order chi connectivity index (χ0) is 13.7. The number of rotatable bonds is 6. The molecule has 2 rings (SSSR count). The molecule has 1 heterocycles. The summed E-state index contributed by atoms with van der Waals surface area (Å²) in [6.45, 7) is 4.53. The highest BCUT2D eigenvalue weighted by atomic mass is 16.5. The summed E-state index contributed by atoms with van der Waals surface area (Å²) in [5.41, 5.74) is 2.78. The van der Waals surface area contributed by atoms with Crippen LogP contribution in [-0.4, -0.2) is 38.8 Å². The van der Waals surface area contributed by atoms with E-state index in [-0.39, 0.29) is 12.0 Å². The van der Waals surface area contributed by atoms with Crippen LogP contribution in [-0.2, 0) is 16.0 Å². The summed E-state index contributed by atoms with van der Waals surface area (Å²) in [4.78, 5) is 13.9. The van der Waals surface area contributed by atoms with Crippen LogP contribution in [0.2, 0.25) is 0 Å². The maximum absolute atomic E-state index is 11.5. The molecule has 4 nitrogen and oxygen atoms in total. The Morgan fingerprint density at radius 2 is 2.26 bits per heavy atom. The summed E-state index contributed by atoms with van der Waals surface area (Å²) in [5, 5.41) is 2.89. The predicted molar refractivity (Wildman–Crippen MR) is 76.5 cm³/mol. The molecule has 0 fully saturated rings. The first-order valence-corrected chi connectivity index (χ1v) is 6.85. The molecule has 1 aromatic carbocycles. The Kier molecular flexibility index (Phi) is 4.80. The monoisotopic (exact) mass is 262 g/mol. The van der Waals surface area contributed by atoms with Crippen LogP contribution in [0.15, 0.2) is 24.3 Å². The second-order valence-corrected chi connectivity index (χ2v) is 4.89. The molecule has 1 atom stereocenters. The first-order chi connectivity index (χ1) is 9.22. The van der Waals surface area contributed by atoms with Gasteiger partial charge in [-0.15, -0.1) is 0 Å². The van der Waals surface area contributed by atoms with Gasteiger partial charge in [0, 0.05) is 32.4 Å². The molecule has 1 aliphatic heterocycles. The van der Waals surface area contributed by atoms with E-state index in [1.54, 1.807) is 14.0 Å². The lowest BCUT2D eigenvalue weighted by molar-refractivity contribution is -0.130. The highest BCUT2D eigenvalue weighted by Crippen LogP contribution is 2.27. The third-order valence-corrected chi connectivity index (χ3v) is 3.61. The van der Waals surface area contributed by atoms with E-state index in [0.717, 1.165) is 25.9 Å². The van der Waals surface area contributed by atoms with Crippen molar-refractivity contribution in [2.24, 2.45) is 0 Å². The quantitative estimate of drug-likeness (QED) is 0.792. The molecule has 19 heavy (non-hydrogen) atoms. The minimum absolute atomic E-state index is 0.0377. The molecule has 1 unspecified atom stereocenters. The van der Waals surface area contributed by atoms with Crippen LogP contribution >= 0.6 is 0 Å². The fourth-order valence-electron chi connectivity index (χ4n) is 2.37. The number of carbonyl (C=O) groups excluding carboxylic acids is 1. The molecule has 0 spiro atoms. The molecule has 0 aliphatic carbocycles. The largest absolute Gasteiger partial charge is 0.372 e. The van der Waals surface area contributed by atoms with E-state index < -0.39 is 0 Å². The third kappa shape index (κ3) is 3.47. The number of benzene rings is 1. The van der Waals surface area contributed by atoms with Crippen molar-refractivity contribution in [3.63, 3.8) is 0 Å². The van der Waals surface area contributed by atoms with Gasteiger partial charge in [-0.25, -0.2) is 0 Å². The Hall–Kier alpha value is -1.55. The van der Waals surface area contributed by atoms with Gasteiger partial charge in [0.2, 0.25) is 5.91 Å². The predicted octanol–water partition coefficient (Wildman–Crippen LogP) is 1.59. The van der Waals surface area contributed by atoms with E-state index in [1.165, 1.54) is 11.3 Å². The molecule has 1 aliphatic rings. The van der Waals surface area contributed by atoms with Crippen molar-refractivity contribution >= 4 is 11.6 Å². The van der Waals surface area contributed by atoms with Crippen molar-refractivity contribution < 1.29 is 9.53 Å². The number of nitrogens with zero attached hydrogens (tertiary/aromatic N) is 1. The van der Waals surface area contributed by atoms with E-state index in [9.17, 15) is 4.79 Å². The average molecular weight is 262 g/mol. The number of amides is 1. The van der Waals surface area contributed by atoms with E-state index >= 15 is 0 Å². The SMILES string of the molecule is COC(C)C(=O)NCCCN1CCc2ccccc21. The van der Waals surface area contributed by atoms with Crippen molar-refractivity contribution in [1.82, 2.24) is 5.32 Å². The molecule has 4 heteroatoms. The van der Waals surface area contributed by atoms with Gasteiger partial charge in [-0.05, 0) is 31.4 Å². The summed E-state index contributed by atoms with van der Waals surface area (Å²) in [6, 6.07) is 8.54. The fourth-order valence-corrected chi connectivity index (χ4v) is 2.37. The molecule has 0 saturated carbocycles. The summed E-state index contributed by atoms with van der Waals surface area (Å²) < 4.78 is 4.97. The van der Waals surface area contributed by atoms with Gasteiger partial charge in [0.15, 0.2) is 0 Å². The van der Waals surface area contributed by atoms with Crippen LogP contribution < -0.4 is 10.2 Å². The number of fused-ring (bicyclic) bond motifs is 1. The van der Waals surface area contributed by atoms with Gasteiger partial charge >= 0.3 is 0 Å². The Morgan fingerprint density at radius 1 is 1.47 bits per heavy atom. The van der Waals surface area contributed by atoms with Crippen LogP contribution in [0.5, 0.6) is 0 Å². The van der Waals surface area contributed by atoms with Gasteiger partial charge in [-0.1, -0.05) is 18.2 Å². The molecule has 104 valence electrons. The van der Waals surface area contributed by atoms with Gasteiger partial charge in [-0.3, -0.25) is 4.79 Å².